The molecule has 0 unspecified atom stereocenters. The molecule has 1 heterocycles. The SMILES string of the molecule is Fc1ccc(-c2nnc(I)o2)c(Cl)c1. The van der Waals surface area contributed by atoms with Crippen LogP contribution in [0.1, 0.15) is 0 Å². The van der Waals surface area contributed by atoms with Gasteiger partial charge in [0.05, 0.1) is 10.6 Å². The lowest BCUT2D eigenvalue weighted by Gasteiger charge is -1.97. The Bertz CT molecular complexity index is 474. The number of benzene rings is 1. The number of hydrogen-bond donors (Lipinski definition) is 0. The monoisotopic (exact) mass is 324 g/mol. The third-order valence-electron chi connectivity index (χ3n) is 1.56. The summed E-state index contributed by atoms with van der Waals surface area (Å²) in [4.78, 5) is 0. The van der Waals surface area contributed by atoms with Crippen LogP contribution < -0.4 is 0 Å². The van der Waals surface area contributed by atoms with Crippen molar-refractivity contribution in [2.24, 2.45) is 0 Å². The zero-order valence-corrected chi connectivity index (χ0v) is 9.58. The van der Waals surface area contributed by atoms with Crippen LogP contribution in [-0.2, 0) is 0 Å². The molecule has 0 saturated carbocycles. The first-order valence-corrected chi connectivity index (χ1v) is 5.07. The molecular weight excluding hydrogens is 321 g/mol. The molecule has 0 N–H and O–H groups in total. The largest absolute Gasteiger partial charge is 0.412 e. The molecule has 1 aromatic carbocycles. The Kier molecular flexibility index (Phi) is 2.69. The first kappa shape index (κ1) is 9.85. The van der Waals surface area contributed by atoms with Gasteiger partial charge in [0, 0.05) is 22.6 Å². The number of nitrogens with zero attached hydrogens (tertiary/aromatic N) is 2. The maximum absolute atomic E-state index is 12.7. The highest BCUT2D eigenvalue weighted by atomic mass is 127. The molecule has 2 aromatic rings. The average Bonchev–Trinajstić information content (AvgIpc) is 2.51. The molecule has 0 fully saturated rings. The Morgan fingerprint density at radius 2 is 2.14 bits per heavy atom. The molecule has 6 heteroatoms. The standard InChI is InChI=1S/C8H3ClFIN2O/c9-6-3-4(10)1-2-5(6)7-12-13-8(11)14-7/h1-3H. The molecule has 0 aliphatic heterocycles. The number of rotatable bonds is 1. The number of hydrogen-bond acceptors (Lipinski definition) is 3. The summed E-state index contributed by atoms with van der Waals surface area (Å²) in [5.74, 6) is -0.104. The van der Waals surface area contributed by atoms with Crippen molar-refractivity contribution in [2.75, 3.05) is 0 Å². The Morgan fingerprint density at radius 1 is 1.36 bits per heavy atom. The van der Waals surface area contributed by atoms with Crippen LogP contribution in [0.15, 0.2) is 22.6 Å². The highest BCUT2D eigenvalue weighted by Crippen LogP contribution is 2.27. The zero-order chi connectivity index (χ0) is 10.1. The topological polar surface area (TPSA) is 38.9 Å². The lowest BCUT2D eigenvalue weighted by atomic mass is 10.2. The molecule has 0 atom stereocenters. The molecule has 0 radical (unpaired) electrons. The van der Waals surface area contributed by atoms with Gasteiger partial charge >= 0.3 is 0 Å². The fourth-order valence-electron chi connectivity index (χ4n) is 0.977. The van der Waals surface area contributed by atoms with Gasteiger partial charge in [-0.05, 0) is 18.2 Å². The molecule has 0 amide bonds. The van der Waals surface area contributed by atoms with Gasteiger partial charge in [0.15, 0.2) is 0 Å². The van der Waals surface area contributed by atoms with Gasteiger partial charge in [-0.2, -0.15) is 0 Å². The summed E-state index contributed by atoms with van der Waals surface area (Å²) in [6.45, 7) is 0. The third-order valence-corrected chi connectivity index (χ3v) is 2.31. The van der Waals surface area contributed by atoms with E-state index >= 15 is 0 Å². The van der Waals surface area contributed by atoms with Crippen molar-refractivity contribution in [3.05, 3.63) is 32.9 Å². The van der Waals surface area contributed by atoms with Crippen molar-refractivity contribution in [2.45, 2.75) is 0 Å². The summed E-state index contributed by atoms with van der Waals surface area (Å²) < 4.78 is 18.3. The fraction of sp³-hybridized carbons (Fsp3) is 0. The first-order chi connectivity index (χ1) is 6.66. The molecule has 14 heavy (non-hydrogen) atoms. The normalized spacial score (nSPS) is 10.5. The quantitative estimate of drug-likeness (QED) is 0.757. The maximum atomic E-state index is 12.7. The molecule has 0 bridgehead atoms. The first-order valence-electron chi connectivity index (χ1n) is 3.61. The van der Waals surface area contributed by atoms with Crippen LogP contribution in [0.2, 0.25) is 5.02 Å². The lowest BCUT2D eigenvalue weighted by Crippen LogP contribution is -1.81. The van der Waals surface area contributed by atoms with Crippen LogP contribution in [0.3, 0.4) is 0 Å². The van der Waals surface area contributed by atoms with Gasteiger partial charge in [0.2, 0.25) is 5.89 Å². The summed E-state index contributed by atoms with van der Waals surface area (Å²) in [5.41, 5.74) is 0.531. The smallest absolute Gasteiger partial charge is 0.278 e. The molecule has 0 aliphatic carbocycles. The van der Waals surface area contributed by atoms with E-state index in [4.69, 9.17) is 16.0 Å². The van der Waals surface area contributed by atoms with Gasteiger partial charge < -0.3 is 4.42 Å². The van der Waals surface area contributed by atoms with Crippen molar-refractivity contribution in [1.82, 2.24) is 10.2 Å². The highest BCUT2D eigenvalue weighted by molar-refractivity contribution is 14.1. The van der Waals surface area contributed by atoms with Crippen LogP contribution in [0.4, 0.5) is 4.39 Å². The molecule has 72 valence electrons. The molecule has 2 rings (SSSR count). The fourth-order valence-corrected chi connectivity index (χ4v) is 1.54. The highest BCUT2D eigenvalue weighted by Gasteiger charge is 2.10. The molecule has 0 spiro atoms. The predicted octanol–water partition coefficient (Wildman–Crippen LogP) is 3.13. The van der Waals surface area contributed by atoms with Crippen molar-refractivity contribution < 1.29 is 8.81 Å². The summed E-state index contributed by atoms with van der Waals surface area (Å²) in [6, 6.07) is 3.99. The molecule has 0 aliphatic rings. The maximum Gasteiger partial charge on any atom is 0.278 e. The number of aromatic nitrogens is 2. The van der Waals surface area contributed by atoms with Crippen LogP contribution in [0.5, 0.6) is 0 Å². The third kappa shape index (κ3) is 1.88. The minimum Gasteiger partial charge on any atom is -0.412 e. The van der Waals surface area contributed by atoms with E-state index in [9.17, 15) is 4.39 Å². The Hall–Kier alpha value is -0.690. The Labute approximate surface area is 97.4 Å². The van der Waals surface area contributed by atoms with Crippen molar-refractivity contribution >= 4 is 34.2 Å². The van der Waals surface area contributed by atoms with Gasteiger partial charge in [-0.3, -0.25) is 0 Å². The second kappa shape index (κ2) is 3.82. The molecule has 1 aromatic heterocycles. The van der Waals surface area contributed by atoms with E-state index in [-0.39, 0.29) is 5.02 Å². The van der Waals surface area contributed by atoms with Crippen LogP contribution in [-0.4, -0.2) is 10.2 Å². The molecule has 0 saturated heterocycles. The van der Waals surface area contributed by atoms with Gasteiger partial charge in [-0.15, -0.1) is 10.2 Å². The summed E-state index contributed by atoms with van der Waals surface area (Å²) >= 11 is 7.69. The van der Waals surface area contributed by atoms with Gasteiger partial charge in [0.1, 0.15) is 5.82 Å². The van der Waals surface area contributed by atoms with Crippen LogP contribution >= 0.6 is 34.2 Å². The van der Waals surface area contributed by atoms with E-state index in [0.717, 1.165) is 0 Å². The van der Waals surface area contributed by atoms with Crippen molar-refractivity contribution in [3.63, 3.8) is 0 Å². The average molecular weight is 324 g/mol. The second-order valence-electron chi connectivity index (χ2n) is 2.48. The van der Waals surface area contributed by atoms with Crippen molar-refractivity contribution in [1.29, 1.82) is 0 Å². The minimum absolute atomic E-state index is 0.255. The lowest BCUT2D eigenvalue weighted by molar-refractivity contribution is 0.536. The van der Waals surface area contributed by atoms with E-state index in [1.165, 1.54) is 18.2 Å². The van der Waals surface area contributed by atoms with E-state index in [2.05, 4.69) is 10.2 Å². The van der Waals surface area contributed by atoms with E-state index < -0.39 is 5.82 Å². The second-order valence-corrected chi connectivity index (χ2v) is 3.81. The van der Waals surface area contributed by atoms with Gasteiger partial charge in [0.25, 0.3) is 3.90 Å². The summed E-state index contributed by atoms with van der Waals surface area (Å²) in [7, 11) is 0. The summed E-state index contributed by atoms with van der Waals surface area (Å²) in [6.07, 6.45) is 0. The Morgan fingerprint density at radius 3 is 2.71 bits per heavy atom. The van der Waals surface area contributed by atoms with Gasteiger partial charge in [-0.1, -0.05) is 11.6 Å². The summed E-state index contributed by atoms with van der Waals surface area (Å²) in [5, 5.41) is 7.67. The molecular formula is C8H3ClFIN2O. The Balaban J connectivity index is 2.52. The predicted molar refractivity (Wildman–Crippen MR) is 57.4 cm³/mol. The minimum atomic E-state index is -0.395. The molecule has 3 nitrogen and oxygen atoms in total. The zero-order valence-electron chi connectivity index (χ0n) is 6.67. The number of halogens is 3. The van der Waals surface area contributed by atoms with Crippen LogP contribution in [0.25, 0.3) is 11.5 Å². The van der Waals surface area contributed by atoms with Gasteiger partial charge in [-0.25, -0.2) is 4.39 Å². The van der Waals surface area contributed by atoms with Crippen LogP contribution in [0, 0.1) is 9.71 Å². The van der Waals surface area contributed by atoms with E-state index in [0.29, 0.717) is 15.4 Å². The van der Waals surface area contributed by atoms with E-state index in [1.54, 1.807) is 0 Å². The van der Waals surface area contributed by atoms with E-state index in [1.807, 2.05) is 22.6 Å². The van der Waals surface area contributed by atoms with Crippen molar-refractivity contribution in [3.8, 4) is 11.5 Å².